The van der Waals surface area contributed by atoms with Crippen molar-refractivity contribution < 1.29 is 13.9 Å². The Labute approximate surface area is 176 Å². The molecule has 31 heavy (non-hydrogen) atoms. The molecule has 5 aromatic rings. The van der Waals surface area contributed by atoms with Crippen LogP contribution in [0.3, 0.4) is 0 Å². The first-order valence-corrected chi connectivity index (χ1v) is 9.64. The minimum Gasteiger partial charge on any atom is -0.423 e. The van der Waals surface area contributed by atoms with E-state index < -0.39 is 11.6 Å². The highest BCUT2D eigenvalue weighted by Gasteiger charge is 2.23. The number of para-hydroxylation sites is 3. The third-order valence-corrected chi connectivity index (χ3v) is 4.81. The van der Waals surface area contributed by atoms with Gasteiger partial charge in [-0.15, -0.1) is 0 Å². The SMILES string of the molecule is O=C(Oc1ccccc1)c1cn(-c2ccccc2)nc1-c1cc2ccccc2oc1=O. The lowest BCUT2D eigenvalue weighted by atomic mass is 10.1. The van der Waals surface area contributed by atoms with E-state index in [1.807, 2.05) is 48.5 Å². The average molecular weight is 408 g/mol. The van der Waals surface area contributed by atoms with E-state index in [9.17, 15) is 9.59 Å². The molecule has 0 saturated carbocycles. The first kappa shape index (κ1) is 18.6. The maximum Gasteiger partial charge on any atom is 0.347 e. The molecule has 0 aliphatic carbocycles. The van der Waals surface area contributed by atoms with Crippen molar-refractivity contribution in [1.29, 1.82) is 0 Å². The van der Waals surface area contributed by atoms with Gasteiger partial charge in [-0.05, 0) is 36.4 Å². The maximum atomic E-state index is 13.0. The molecule has 2 heterocycles. The molecular weight excluding hydrogens is 392 g/mol. The summed E-state index contributed by atoms with van der Waals surface area (Å²) in [6.45, 7) is 0. The summed E-state index contributed by atoms with van der Waals surface area (Å²) < 4.78 is 12.5. The third kappa shape index (κ3) is 3.62. The second-order valence-electron chi connectivity index (χ2n) is 6.86. The average Bonchev–Trinajstić information content (AvgIpc) is 3.25. The highest BCUT2D eigenvalue weighted by molar-refractivity contribution is 5.98. The summed E-state index contributed by atoms with van der Waals surface area (Å²) in [7, 11) is 0. The van der Waals surface area contributed by atoms with E-state index in [1.54, 1.807) is 53.3 Å². The Morgan fingerprint density at radius 3 is 2.32 bits per heavy atom. The molecule has 0 radical (unpaired) electrons. The van der Waals surface area contributed by atoms with Crippen LogP contribution >= 0.6 is 0 Å². The van der Waals surface area contributed by atoms with Crippen LogP contribution in [-0.2, 0) is 0 Å². The van der Waals surface area contributed by atoms with E-state index in [0.29, 0.717) is 11.3 Å². The Balaban J connectivity index is 1.67. The predicted octanol–water partition coefficient (Wildman–Crippen LogP) is 4.86. The maximum absolute atomic E-state index is 13.0. The van der Waals surface area contributed by atoms with Crippen molar-refractivity contribution in [3.8, 4) is 22.7 Å². The normalized spacial score (nSPS) is 10.8. The van der Waals surface area contributed by atoms with Crippen molar-refractivity contribution in [1.82, 2.24) is 9.78 Å². The summed E-state index contributed by atoms with van der Waals surface area (Å²) in [5.41, 5.74) is 1.18. The molecule has 0 bridgehead atoms. The van der Waals surface area contributed by atoms with Gasteiger partial charge in [0.15, 0.2) is 0 Å². The lowest BCUT2D eigenvalue weighted by molar-refractivity contribution is 0.0735. The molecule has 0 amide bonds. The number of nitrogens with zero attached hydrogens (tertiary/aromatic N) is 2. The number of rotatable bonds is 4. The van der Waals surface area contributed by atoms with Crippen LogP contribution in [0.4, 0.5) is 0 Å². The van der Waals surface area contributed by atoms with Crippen LogP contribution in [0.1, 0.15) is 10.4 Å². The molecule has 6 heteroatoms. The summed E-state index contributed by atoms with van der Waals surface area (Å²) in [6, 6.07) is 26.9. The summed E-state index contributed by atoms with van der Waals surface area (Å²) >= 11 is 0. The van der Waals surface area contributed by atoms with Crippen molar-refractivity contribution >= 4 is 16.9 Å². The molecule has 0 unspecified atom stereocenters. The number of fused-ring (bicyclic) bond motifs is 1. The fourth-order valence-electron chi connectivity index (χ4n) is 3.31. The van der Waals surface area contributed by atoms with Crippen molar-refractivity contribution in [3.63, 3.8) is 0 Å². The molecule has 0 atom stereocenters. The monoisotopic (exact) mass is 408 g/mol. The number of ether oxygens (including phenoxy) is 1. The molecule has 3 aromatic carbocycles. The molecule has 0 N–H and O–H groups in total. The number of carbonyl (C=O) groups excluding carboxylic acids is 1. The van der Waals surface area contributed by atoms with Gasteiger partial charge in [-0.3, -0.25) is 0 Å². The van der Waals surface area contributed by atoms with E-state index in [-0.39, 0.29) is 16.8 Å². The van der Waals surface area contributed by atoms with Crippen LogP contribution in [0, 0.1) is 0 Å². The molecule has 150 valence electrons. The number of esters is 1. The van der Waals surface area contributed by atoms with Crippen LogP contribution in [0.15, 0.2) is 106 Å². The van der Waals surface area contributed by atoms with E-state index >= 15 is 0 Å². The van der Waals surface area contributed by atoms with Crippen molar-refractivity contribution in [2.24, 2.45) is 0 Å². The highest BCUT2D eigenvalue weighted by Crippen LogP contribution is 2.26. The molecule has 2 aromatic heterocycles. The molecular formula is C25H16N2O4. The molecule has 0 saturated heterocycles. The zero-order valence-electron chi connectivity index (χ0n) is 16.3. The van der Waals surface area contributed by atoms with E-state index in [2.05, 4.69) is 5.10 Å². The van der Waals surface area contributed by atoms with Gasteiger partial charge >= 0.3 is 11.6 Å². The van der Waals surface area contributed by atoms with Crippen LogP contribution in [0.25, 0.3) is 27.9 Å². The smallest absolute Gasteiger partial charge is 0.347 e. The Kier molecular flexibility index (Phi) is 4.65. The summed E-state index contributed by atoms with van der Waals surface area (Å²) in [4.78, 5) is 25.8. The minimum absolute atomic E-state index is 0.162. The predicted molar refractivity (Wildman–Crippen MR) is 116 cm³/mol. The Morgan fingerprint density at radius 1 is 0.871 bits per heavy atom. The van der Waals surface area contributed by atoms with Gasteiger partial charge in [-0.2, -0.15) is 5.10 Å². The highest BCUT2D eigenvalue weighted by atomic mass is 16.5. The van der Waals surface area contributed by atoms with Crippen LogP contribution in [-0.4, -0.2) is 15.7 Å². The Hall–Kier alpha value is -4.45. The molecule has 6 nitrogen and oxygen atoms in total. The van der Waals surface area contributed by atoms with Gasteiger partial charge < -0.3 is 9.15 Å². The third-order valence-electron chi connectivity index (χ3n) is 4.81. The first-order chi connectivity index (χ1) is 15.2. The van der Waals surface area contributed by atoms with Gasteiger partial charge in [-0.1, -0.05) is 54.6 Å². The number of aromatic nitrogens is 2. The summed E-state index contributed by atoms with van der Waals surface area (Å²) in [5, 5.41) is 5.27. The number of carbonyl (C=O) groups is 1. The number of benzene rings is 3. The van der Waals surface area contributed by atoms with Crippen molar-refractivity contribution in [2.75, 3.05) is 0 Å². The van der Waals surface area contributed by atoms with Gasteiger partial charge in [0, 0.05) is 11.6 Å². The zero-order chi connectivity index (χ0) is 21.2. The van der Waals surface area contributed by atoms with Gasteiger partial charge in [0.2, 0.25) is 0 Å². The molecule has 0 aliphatic heterocycles. The van der Waals surface area contributed by atoms with Crippen molar-refractivity contribution in [2.45, 2.75) is 0 Å². The largest absolute Gasteiger partial charge is 0.423 e. The van der Waals surface area contributed by atoms with Gasteiger partial charge in [0.1, 0.15) is 22.6 Å². The van der Waals surface area contributed by atoms with E-state index in [0.717, 1.165) is 11.1 Å². The van der Waals surface area contributed by atoms with Crippen molar-refractivity contribution in [3.05, 3.63) is 113 Å². The topological polar surface area (TPSA) is 74.3 Å². The van der Waals surface area contributed by atoms with E-state index in [1.165, 1.54) is 0 Å². The van der Waals surface area contributed by atoms with Gasteiger partial charge in [-0.25, -0.2) is 14.3 Å². The fraction of sp³-hybridized carbons (Fsp3) is 0. The van der Waals surface area contributed by atoms with Gasteiger partial charge in [0.05, 0.1) is 11.3 Å². The summed E-state index contributed by atoms with van der Waals surface area (Å²) in [5.74, 6) is -0.215. The molecule has 0 aliphatic rings. The Morgan fingerprint density at radius 2 is 1.55 bits per heavy atom. The van der Waals surface area contributed by atoms with Crippen LogP contribution in [0.2, 0.25) is 0 Å². The zero-order valence-corrected chi connectivity index (χ0v) is 16.3. The fourth-order valence-corrected chi connectivity index (χ4v) is 3.31. The summed E-state index contributed by atoms with van der Waals surface area (Å²) in [6.07, 6.45) is 1.56. The second kappa shape index (κ2) is 7.76. The molecule has 0 fully saturated rings. The van der Waals surface area contributed by atoms with Crippen LogP contribution < -0.4 is 10.4 Å². The lowest BCUT2D eigenvalue weighted by Crippen LogP contribution is -2.11. The standard InChI is InChI=1S/C25H16N2O4/c28-24-20(15-17-9-7-8-14-22(17)31-24)23-21(25(29)30-19-12-5-2-6-13-19)16-27(26-23)18-10-3-1-4-11-18/h1-16H. The van der Waals surface area contributed by atoms with Crippen LogP contribution in [0.5, 0.6) is 5.75 Å². The second-order valence-corrected chi connectivity index (χ2v) is 6.86. The lowest BCUT2D eigenvalue weighted by Gasteiger charge is -2.04. The molecule has 5 rings (SSSR count). The number of hydrogen-bond donors (Lipinski definition) is 0. The molecule has 0 spiro atoms. The van der Waals surface area contributed by atoms with E-state index in [4.69, 9.17) is 9.15 Å². The minimum atomic E-state index is -0.615. The number of hydrogen-bond acceptors (Lipinski definition) is 5. The quantitative estimate of drug-likeness (QED) is 0.241. The van der Waals surface area contributed by atoms with Gasteiger partial charge in [0.25, 0.3) is 0 Å². The Bertz CT molecular complexity index is 1440. The first-order valence-electron chi connectivity index (χ1n) is 9.64.